The number of fused-ring (bicyclic) bond motifs is 2. The van der Waals surface area contributed by atoms with E-state index in [1.807, 2.05) is 34.3 Å². The van der Waals surface area contributed by atoms with Crippen LogP contribution >= 0.6 is 23.1 Å². The van der Waals surface area contributed by atoms with E-state index in [1.165, 1.54) is 23.1 Å². The molecular weight excluding hydrogens is 318 g/mol. The summed E-state index contributed by atoms with van der Waals surface area (Å²) in [5.41, 5.74) is 1.66. The van der Waals surface area contributed by atoms with E-state index in [1.54, 1.807) is 17.8 Å². The predicted octanol–water partition coefficient (Wildman–Crippen LogP) is 2.33. The smallest absolute Gasteiger partial charge is 0.271 e. The molecule has 4 rings (SSSR count). The van der Waals surface area contributed by atoms with Gasteiger partial charge in [-0.1, -0.05) is 11.8 Å². The molecule has 4 aromatic rings. The first-order valence-electron chi connectivity index (χ1n) is 6.58. The van der Waals surface area contributed by atoms with Gasteiger partial charge in [-0.2, -0.15) is 0 Å². The molecule has 0 aromatic carbocycles. The normalized spacial score (nSPS) is 11.5. The highest BCUT2D eigenvalue weighted by atomic mass is 32.2. The molecule has 0 fully saturated rings. The molecule has 4 aromatic heterocycles. The van der Waals surface area contributed by atoms with Gasteiger partial charge in [0, 0.05) is 31.4 Å². The molecule has 22 heavy (non-hydrogen) atoms. The molecule has 0 radical (unpaired) electrons. The van der Waals surface area contributed by atoms with Gasteiger partial charge in [0.1, 0.15) is 4.70 Å². The molecule has 0 aliphatic heterocycles. The van der Waals surface area contributed by atoms with Crippen molar-refractivity contribution in [3.05, 3.63) is 52.2 Å². The monoisotopic (exact) mass is 329 g/mol. The van der Waals surface area contributed by atoms with Crippen LogP contribution in [0.3, 0.4) is 0 Å². The minimum atomic E-state index is -0.000770. The van der Waals surface area contributed by atoms with Crippen molar-refractivity contribution in [2.75, 3.05) is 0 Å². The lowest BCUT2D eigenvalue weighted by Crippen LogP contribution is -2.18. The van der Waals surface area contributed by atoms with Gasteiger partial charge in [0.25, 0.3) is 5.56 Å². The zero-order valence-electron chi connectivity index (χ0n) is 11.6. The van der Waals surface area contributed by atoms with E-state index < -0.39 is 0 Å². The first-order valence-corrected chi connectivity index (χ1v) is 8.44. The lowest BCUT2D eigenvalue weighted by atomic mass is 10.5. The first-order chi connectivity index (χ1) is 10.7. The molecule has 8 heteroatoms. The first kappa shape index (κ1) is 13.5. The average molecular weight is 329 g/mol. The molecule has 0 saturated carbocycles. The van der Waals surface area contributed by atoms with Gasteiger partial charge in [0.2, 0.25) is 5.78 Å². The fraction of sp³-hybridized carbons (Fsp3) is 0.143. The molecule has 110 valence electrons. The van der Waals surface area contributed by atoms with Crippen molar-refractivity contribution in [2.45, 2.75) is 10.9 Å². The zero-order chi connectivity index (χ0) is 15.1. The van der Waals surface area contributed by atoms with E-state index in [9.17, 15) is 4.79 Å². The minimum Gasteiger partial charge on any atom is -0.291 e. The topological polar surface area (TPSA) is 65.1 Å². The highest BCUT2D eigenvalue weighted by Crippen LogP contribution is 2.22. The fourth-order valence-electron chi connectivity index (χ4n) is 2.18. The molecule has 0 N–H and O–H groups in total. The van der Waals surface area contributed by atoms with Crippen LogP contribution < -0.4 is 5.56 Å². The van der Waals surface area contributed by atoms with Gasteiger partial charge in [-0.3, -0.25) is 13.8 Å². The third-order valence-electron chi connectivity index (χ3n) is 3.28. The Labute approximate surface area is 133 Å². The van der Waals surface area contributed by atoms with Gasteiger partial charge in [-0.25, -0.2) is 15.0 Å². The second kappa shape index (κ2) is 5.22. The Bertz CT molecular complexity index is 1000. The van der Waals surface area contributed by atoms with Gasteiger partial charge in [-0.15, -0.1) is 11.3 Å². The summed E-state index contributed by atoms with van der Waals surface area (Å²) in [7, 11) is 1.75. The van der Waals surface area contributed by atoms with E-state index >= 15 is 0 Å². The summed E-state index contributed by atoms with van der Waals surface area (Å²) >= 11 is 2.93. The summed E-state index contributed by atoms with van der Waals surface area (Å²) in [6.45, 7) is 0. The zero-order valence-corrected chi connectivity index (χ0v) is 13.3. The Hall–Kier alpha value is -2.19. The Morgan fingerprint density at radius 1 is 1.36 bits per heavy atom. The van der Waals surface area contributed by atoms with E-state index in [0.29, 0.717) is 21.4 Å². The SMILES string of the molecule is Cn1c(SCc2cn3cccnc3n2)nc2ccsc2c1=O. The molecule has 0 aliphatic carbocycles. The van der Waals surface area contributed by atoms with Gasteiger partial charge >= 0.3 is 0 Å². The summed E-state index contributed by atoms with van der Waals surface area (Å²) < 4.78 is 4.17. The Morgan fingerprint density at radius 3 is 3.14 bits per heavy atom. The molecule has 0 unspecified atom stereocenters. The fourth-order valence-corrected chi connectivity index (χ4v) is 3.85. The van der Waals surface area contributed by atoms with E-state index in [4.69, 9.17) is 0 Å². The van der Waals surface area contributed by atoms with Crippen LogP contribution in [0.4, 0.5) is 0 Å². The van der Waals surface area contributed by atoms with Crippen LogP contribution in [0, 0.1) is 0 Å². The molecule has 0 aliphatic rings. The minimum absolute atomic E-state index is 0.000770. The Balaban J connectivity index is 1.66. The maximum atomic E-state index is 12.3. The van der Waals surface area contributed by atoms with Crippen LogP contribution in [-0.2, 0) is 12.8 Å². The van der Waals surface area contributed by atoms with Gasteiger partial charge in [0.15, 0.2) is 5.16 Å². The van der Waals surface area contributed by atoms with Crippen LogP contribution in [0.25, 0.3) is 16.0 Å². The molecule has 0 amide bonds. The average Bonchev–Trinajstić information content (AvgIpc) is 3.15. The van der Waals surface area contributed by atoms with E-state index in [0.717, 1.165) is 11.2 Å². The molecule has 4 heterocycles. The number of hydrogen-bond donors (Lipinski definition) is 0. The van der Waals surface area contributed by atoms with Crippen LogP contribution in [-0.4, -0.2) is 23.9 Å². The number of imidazole rings is 1. The van der Waals surface area contributed by atoms with Gasteiger partial charge in [0.05, 0.1) is 11.2 Å². The third kappa shape index (κ3) is 2.20. The maximum Gasteiger partial charge on any atom is 0.271 e. The summed E-state index contributed by atoms with van der Waals surface area (Å²) in [4.78, 5) is 25.4. The van der Waals surface area contributed by atoms with Crippen molar-refractivity contribution in [3.8, 4) is 0 Å². The summed E-state index contributed by atoms with van der Waals surface area (Å²) in [6, 6.07) is 3.74. The summed E-state index contributed by atoms with van der Waals surface area (Å²) in [5, 5.41) is 2.59. The third-order valence-corrected chi connectivity index (χ3v) is 5.24. The number of aromatic nitrogens is 5. The van der Waals surface area contributed by atoms with E-state index in [-0.39, 0.29) is 5.56 Å². The van der Waals surface area contributed by atoms with Crippen LogP contribution in [0.5, 0.6) is 0 Å². The molecule has 0 saturated heterocycles. The van der Waals surface area contributed by atoms with E-state index in [2.05, 4.69) is 15.0 Å². The summed E-state index contributed by atoms with van der Waals surface area (Å²) in [6.07, 6.45) is 5.57. The number of thioether (sulfide) groups is 1. The van der Waals surface area contributed by atoms with Crippen LogP contribution in [0.15, 0.2) is 46.1 Å². The van der Waals surface area contributed by atoms with Crippen molar-refractivity contribution < 1.29 is 0 Å². The number of thiophene rings is 1. The van der Waals surface area contributed by atoms with Gasteiger partial charge < -0.3 is 0 Å². The quantitative estimate of drug-likeness (QED) is 0.426. The van der Waals surface area contributed by atoms with Crippen molar-refractivity contribution in [2.24, 2.45) is 7.05 Å². The Kier molecular flexibility index (Phi) is 3.20. The number of hydrogen-bond acceptors (Lipinski definition) is 6. The van der Waals surface area contributed by atoms with Crippen molar-refractivity contribution in [1.29, 1.82) is 0 Å². The predicted molar refractivity (Wildman–Crippen MR) is 87.4 cm³/mol. The summed E-state index contributed by atoms with van der Waals surface area (Å²) in [5.74, 6) is 1.31. The van der Waals surface area contributed by atoms with Crippen molar-refractivity contribution in [3.63, 3.8) is 0 Å². The molecule has 0 spiro atoms. The number of rotatable bonds is 3. The number of nitrogens with zero attached hydrogens (tertiary/aromatic N) is 5. The lowest BCUT2D eigenvalue weighted by molar-refractivity contribution is 0.727. The van der Waals surface area contributed by atoms with Crippen molar-refractivity contribution >= 4 is 39.1 Å². The highest BCUT2D eigenvalue weighted by molar-refractivity contribution is 7.98. The molecule has 0 atom stereocenters. The van der Waals surface area contributed by atoms with Crippen LogP contribution in [0.2, 0.25) is 0 Å². The molecule has 6 nitrogen and oxygen atoms in total. The second-order valence-electron chi connectivity index (χ2n) is 4.74. The van der Waals surface area contributed by atoms with Crippen LogP contribution in [0.1, 0.15) is 5.69 Å². The lowest BCUT2D eigenvalue weighted by Gasteiger charge is -2.05. The standard InChI is InChI=1S/C14H11N5OS2/c1-18-12(20)11-10(3-6-21-11)17-14(18)22-8-9-7-19-5-2-4-15-13(19)16-9/h2-7H,8H2,1H3. The van der Waals surface area contributed by atoms with Crippen molar-refractivity contribution in [1.82, 2.24) is 23.9 Å². The molecule has 0 bridgehead atoms. The van der Waals surface area contributed by atoms with Gasteiger partial charge in [-0.05, 0) is 17.5 Å². The molecular formula is C14H11N5OS2. The Morgan fingerprint density at radius 2 is 2.27 bits per heavy atom. The second-order valence-corrected chi connectivity index (χ2v) is 6.60. The maximum absolute atomic E-state index is 12.3. The largest absolute Gasteiger partial charge is 0.291 e. The highest BCUT2D eigenvalue weighted by Gasteiger charge is 2.11.